The molecule has 3 N–H and O–H groups in total. The van der Waals surface area contributed by atoms with Gasteiger partial charge in [-0.3, -0.25) is 9.59 Å². The number of anilines is 1. The van der Waals surface area contributed by atoms with Crippen LogP contribution in [0, 0.1) is 5.92 Å². The fraction of sp³-hybridized carbons (Fsp3) is 0.364. The Hall–Kier alpha value is -2.77. The molecule has 3 rings (SSSR count). The molecule has 1 unspecified atom stereocenters. The summed E-state index contributed by atoms with van der Waals surface area (Å²) >= 11 is 0. The molecule has 1 saturated heterocycles. The normalized spacial score (nSPS) is 15.6. The average Bonchev–Trinajstić information content (AvgIpc) is 2.77. The quantitative estimate of drug-likeness (QED) is 0.667. The highest BCUT2D eigenvalue weighted by Crippen LogP contribution is 2.21. The molecular weight excluding hydrogens is 406 g/mol. The van der Waals surface area contributed by atoms with Crippen molar-refractivity contribution in [1.82, 2.24) is 4.90 Å². The van der Waals surface area contributed by atoms with Crippen LogP contribution < -0.4 is 20.5 Å². The maximum Gasteiger partial charge on any atom is 0.260 e. The Morgan fingerprint density at radius 1 is 1.03 bits per heavy atom. The fourth-order valence-corrected chi connectivity index (χ4v) is 3.23. The van der Waals surface area contributed by atoms with E-state index in [0.29, 0.717) is 43.4 Å². The molecule has 1 aliphatic rings. The monoisotopic (exact) mass is 433 g/mol. The van der Waals surface area contributed by atoms with Gasteiger partial charge in [-0.25, -0.2) is 0 Å². The van der Waals surface area contributed by atoms with Crippen molar-refractivity contribution in [2.45, 2.75) is 12.8 Å². The van der Waals surface area contributed by atoms with Crippen molar-refractivity contribution >= 4 is 29.9 Å². The van der Waals surface area contributed by atoms with Crippen LogP contribution in [-0.4, -0.2) is 49.6 Å². The molecule has 1 heterocycles. The van der Waals surface area contributed by atoms with E-state index in [9.17, 15) is 9.59 Å². The number of carbonyl (C=O) groups excluding carboxylic acids is 2. The van der Waals surface area contributed by atoms with E-state index in [1.807, 2.05) is 30.3 Å². The number of rotatable bonds is 8. The topological polar surface area (TPSA) is 93.9 Å². The second-order valence-electron chi connectivity index (χ2n) is 6.93. The SMILES string of the molecule is Cl.NCCOc1ccc(NC(=O)C2CCCN(C(=O)COc3ccccc3)C2)cc1. The summed E-state index contributed by atoms with van der Waals surface area (Å²) in [6.07, 6.45) is 1.55. The summed E-state index contributed by atoms with van der Waals surface area (Å²) < 4.78 is 11.0. The van der Waals surface area contributed by atoms with Crippen molar-refractivity contribution in [3.8, 4) is 11.5 Å². The van der Waals surface area contributed by atoms with Crippen LogP contribution in [0.4, 0.5) is 5.69 Å². The molecule has 30 heavy (non-hydrogen) atoms. The van der Waals surface area contributed by atoms with Crippen LogP contribution in [0.5, 0.6) is 11.5 Å². The number of halogens is 1. The van der Waals surface area contributed by atoms with Gasteiger partial charge in [0.05, 0.1) is 5.92 Å². The molecule has 1 fully saturated rings. The molecule has 0 radical (unpaired) electrons. The van der Waals surface area contributed by atoms with Crippen LogP contribution in [0.1, 0.15) is 12.8 Å². The standard InChI is InChI=1S/C22H27N3O4.ClH/c23-12-14-28-20-10-8-18(9-11-20)24-22(27)17-5-4-13-25(15-17)21(26)16-29-19-6-2-1-3-7-19;/h1-3,6-11,17H,4-5,12-16,23H2,(H,24,27);1H. The Morgan fingerprint density at radius 3 is 2.43 bits per heavy atom. The van der Waals surface area contributed by atoms with Gasteiger partial charge in [0.2, 0.25) is 5.91 Å². The molecule has 2 amide bonds. The second kappa shape index (κ2) is 12.0. The highest BCUT2D eigenvalue weighted by Gasteiger charge is 2.28. The lowest BCUT2D eigenvalue weighted by molar-refractivity contribution is -0.136. The molecule has 0 saturated carbocycles. The third kappa shape index (κ3) is 6.93. The van der Waals surface area contributed by atoms with Crippen LogP contribution >= 0.6 is 12.4 Å². The first-order valence-corrected chi connectivity index (χ1v) is 9.85. The molecule has 2 aromatic rings. The first-order valence-electron chi connectivity index (χ1n) is 9.85. The number of nitrogens with one attached hydrogen (secondary N) is 1. The number of nitrogens with zero attached hydrogens (tertiary/aromatic N) is 1. The van der Waals surface area contributed by atoms with Crippen molar-refractivity contribution in [3.63, 3.8) is 0 Å². The molecular formula is C22H28ClN3O4. The molecule has 8 heteroatoms. The molecule has 0 aliphatic carbocycles. The fourth-order valence-electron chi connectivity index (χ4n) is 3.23. The zero-order chi connectivity index (χ0) is 20.5. The van der Waals surface area contributed by atoms with Gasteiger partial charge in [-0.15, -0.1) is 12.4 Å². The Morgan fingerprint density at radius 2 is 1.73 bits per heavy atom. The minimum Gasteiger partial charge on any atom is -0.492 e. The van der Waals surface area contributed by atoms with Gasteiger partial charge in [-0.05, 0) is 49.2 Å². The molecule has 162 valence electrons. The van der Waals surface area contributed by atoms with Gasteiger partial charge in [-0.1, -0.05) is 18.2 Å². The molecule has 1 aliphatic heterocycles. The zero-order valence-electron chi connectivity index (χ0n) is 16.8. The van der Waals surface area contributed by atoms with Gasteiger partial charge >= 0.3 is 0 Å². The Labute approximate surface area is 182 Å². The van der Waals surface area contributed by atoms with E-state index < -0.39 is 0 Å². The number of likely N-dealkylation sites (tertiary alicyclic amines) is 1. The van der Waals surface area contributed by atoms with E-state index in [1.54, 1.807) is 29.2 Å². The number of benzene rings is 2. The van der Waals surface area contributed by atoms with E-state index in [2.05, 4.69) is 5.32 Å². The third-order valence-electron chi connectivity index (χ3n) is 4.76. The van der Waals surface area contributed by atoms with E-state index in [4.69, 9.17) is 15.2 Å². The minimum absolute atomic E-state index is 0. The lowest BCUT2D eigenvalue weighted by Gasteiger charge is -2.32. The average molecular weight is 434 g/mol. The van der Waals surface area contributed by atoms with Crippen molar-refractivity contribution in [1.29, 1.82) is 0 Å². The number of hydrogen-bond donors (Lipinski definition) is 2. The third-order valence-corrected chi connectivity index (χ3v) is 4.76. The minimum atomic E-state index is -0.238. The zero-order valence-corrected chi connectivity index (χ0v) is 17.6. The highest BCUT2D eigenvalue weighted by molar-refractivity contribution is 5.93. The summed E-state index contributed by atoms with van der Waals surface area (Å²) in [4.78, 5) is 26.8. The number of carbonyl (C=O) groups is 2. The molecule has 7 nitrogen and oxygen atoms in total. The maximum absolute atomic E-state index is 12.6. The van der Waals surface area contributed by atoms with Crippen molar-refractivity contribution in [3.05, 3.63) is 54.6 Å². The number of ether oxygens (including phenoxy) is 2. The highest BCUT2D eigenvalue weighted by atomic mass is 35.5. The van der Waals surface area contributed by atoms with Crippen LogP contribution in [0.2, 0.25) is 0 Å². The van der Waals surface area contributed by atoms with Gasteiger partial charge in [0.1, 0.15) is 18.1 Å². The summed E-state index contributed by atoms with van der Waals surface area (Å²) in [5, 5.41) is 2.92. The smallest absolute Gasteiger partial charge is 0.260 e. The molecule has 1 atom stereocenters. The molecule has 2 aromatic carbocycles. The summed E-state index contributed by atoms with van der Waals surface area (Å²) in [7, 11) is 0. The number of piperidine rings is 1. The predicted molar refractivity (Wildman–Crippen MR) is 118 cm³/mol. The first-order chi connectivity index (χ1) is 14.2. The van der Waals surface area contributed by atoms with Gasteiger partial charge < -0.3 is 25.4 Å². The number of hydrogen-bond acceptors (Lipinski definition) is 5. The summed E-state index contributed by atoms with van der Waals surface area (Å²) in [5.41, 5.74) is 6.12. The lowest BCUT2D eigenvalue weighted by atomic mass is 9.97. The van der Waals surface area contributed by atoms with Gasteiger partial charge in [0.25, 0.3) is 5.91 Å². The van der Waals surface area contributed by atoms with Crippen molar-refractivity contribution in [2.75, 3.05) is 38.2 Å². The van der Waals surface area contributed by atoms with Crippen molar-refractivity contribution in [2.24, 2.45) is 11.7 Å². The largest absolute Gasteiger partial charge is 0.492 e. The second-order valence-corrected chi connectivity index (χ2v) is 6.93. The van der Waals surface area contributed by atoms with E-state index in [-0.39, 0.29) is 36.7 Å². The molecule has 0 bridgehead atoms. The Kier molecular flexibility index (Phi) is 9.44. The van der Waals surface area contributed by atoms with E-state index >= 15 is 0 Å². The lowest BCUT2D eigenvalue weighted by Crippen LogP contribution is -2.45. The van der Waals surface area contributed by atoms with Gasteiger partial charge in [0.15, 0.2) is 6.61 Å². The van der Waals surface area contributed by atoms with Gasteiger partial charge in [0, 0.05) is 25.3 Å². The van der Waals surface area contributed by atoms with Crippen molar-refractivity contribution < 1.29 is 19.1 Å². The summed E-state index contributed by atoms with van der Waals surface area (Å²) in [5.74, 6) is 0.944. The summed E-state index contributed by atoms with van der Waals surface area (Å²) in [6.45, 7) is 1.93. The maximum atomic E-state index is 12.6. The van der Waals surface area contributed by atoms with Crippen LogP contribution in [0.3, 0.4) is 0 Å². The number of para-hydroxylation sites is 1. The predicted octanol–water partition coefficient (Wildman–Crippen LogP) is 2.70. The Balaban J connectivity index is 0.00000320. The number of amides is 2. The van der Waals surface area contributed by atoms with Crippen LogP contribution in [0.15, 0.2) is 54.6 Å². The van der Waals surface area contributed by atoms with Gasteiger partial charge in [-0.2, -0.15) is 0 Å². The first kappa shape index (κ1) is 23.5. The number of nitrogens with two attached hydrogens (primary N) is 1. The molecule has 0 aromatic heterocycles. The van der Waals surface area contributed by atoms with Crippen LogP contribution in [0.25, 0.3) is 0 Å². The van der Waals surface area contributed by atoms with Crippen LogP contribution in [-0.2, 0) is 9.59 Å². The van der Waals surface area contributed by atoms with E-state index in [1.165, 1.54) is 0 Å². The Bertz CT molecular complexity index is 802. The summed E-state index contributed by atoms with van der Waals surface area (Å²) in [6, 6.07) is 16.4. The van der Waals surface area contributed by atoms with E-state index in [0.717, 1.165) is 12.8 Å². The molecule has 0 spiro atoms.